The number of carbonyl (C=O) groups excluding carboxylic acids is 4. The van der Waals surface area contributed by atoms with Crippen molar-refractivity contribution < 1.29 is 23.9 Å². The fourth-order valence-corrected chi connectivity index (χ4v) is 19.7. The number of hydrogen-bond donors (Lipinski definition) is 6. The van der Waals surface area contributed by atoms with Crippen molar-refractivity contribution in [1.29, 1.82) is 0 Å². The highest BCUT2D eigenvalue weighted by Crippen LogP contribution is 2.50. The lowest BCUT2D eigenvalue weighted by molar-refractivity contribution is -0.136. The number of hydrazone groups is 2. The van der Waals surface area contributed by atoms with Gasteiger partial charge in [-0.3, -0.25) is 39.7 Å². The number of nitrogens with one attached hydrogen (secondary N) is 6. The monoisotopic (exact) mass is 1540 g/mol. The van der Waals surface area contributed by atoms with Gasteiger partial charge in [-0.25, -0.2) is 5.10 Å². The second-order valence-corrected chi connectivity index (χ2v) is 33.8. The Hall–Kier alpha value is -10.3. The predicted molar refractivity (Wildman–Crippen MR) is 449 cm³/mol. The summed E-state index contributed by atoms with van der Waals surface area (Å²) in [7, 11) is 4.18. The molecule has 4 amide bonds. The minimum atomic E-state index is -0.0296. The largest absolute Gasteiger partial charge is 0.379 e. The van der Waals surface area contributed by atoms with Gasteiger partial charge in [-0.2, -0.15) is 15.3 Å². The lowest BCUT2D eigenvalue weighted by atomic mass is 9.70. The first-order valence-corrected chi connectivity index (χ1v) is 42.1. The van der Waals surface area contributed by atoms with Crippen LogP contribution in [0.1, 0.15) is 202 Å². The summed E-state index contributed by atoms with van der Waals surface area (Å²) in [5.74, 6) is 0.709. The van der Waals surface area contributed by atoms with Gasteiger partial charge in [-0.1, -0.05) is 160 Å². The van der Waals surface area contributed by atoms with Crippen molar-refractivity contribution in [3.05, 3.63) is 287 Å². The molecule has 9 heterocycles. The van der Waals surface area contributed by atoms with E-state index in [1.165, 1.54) is 55.7 Å². The number of rotatable bonds is 14. The Balaban J connectivity index is 0.000000125. The molecular weight excluding hydrogens is 1440 g/mol. The second-order valence-electron chi connectivity index (χ2n) is 33.8. The maximum absolute atomic E-state index is 13.4. The van der Waals surface area contributed by atoms with Gasteiger partial charge in [0.15, 0.2) is 0 Å². The molecule has 115 heavy (non-hydrogen) atoms. The van der Waals surface area contributed by atoms with Crippen molar-refractivity contribution in [3.8, 4) is 0 Å². The van der Waals surface area contributed by atoms with E-state index in [-0.39, 0.29) is 95.0 Å². The number of amides is 4. The molecule has 0 spiro atoms. The first-order valence-electron chi connectivity index (χ1n) is 42.1. The molecular formula is C94H109N15O6. The van der Waals surface area contributed by atoms with Crippen LogP contribution in [0, 0.1) is 11.8 Å². The molecule has 7 aromatic rings. The van der Waals surface area contributed by atoms with Crippen molar-refractivity contribution in [2.75, 3.05) is 92.8 Å². The maximum atomic E-state index is 13.4. The Bertz CT molecular complexity index is 4990. The van der Waals surface area contributed by atoms with Crippen LogP contribution in [0.5, 0.6) is 0 Å². The molecule has 9 atom stereocenters. The Morgan fingerprint density at radius 2 is 0.974 bits per heavy atom. The molecule has 1 aromatic heterocycles. The average molecular weight is 1550 g/mol. The van der Waals surface area contributed by atoms with Gasteiger partial charge in [-0.05, 0) is 176 Å². The summed E-state index contributed by atoms with van der Waals surface area (Å²) in [6.07, 6.45) is 11.4. The van der Waals surface area contributed by atoms with Crippen LogP contribution in [0.2, 0.25) is 0 Å². The molecule has 5 saturated heterocycles. The Morgan fingerprint density at radius 1 is 0.504 bits per heavy atom. The molecule has 596 valence electrons. The summed E-state index contributed by atoms with van der Waals surface area (Å²) in [4.78, 5) is 76.3. The van der Waals surface area contributed by atoms with Gasteiger partial charge in [0.05, 0.1) is 41.7 Å². The number of benzene rings is 6. The highest BCUT2D eigenvalue weighted by atomic mass is 16.5. The van der Waals surface area contributed by atoms with Gasteiger partial charge >= 0.3 is 0 Å². The van der Waals surface area contributed by atoms with E-state index in [0.717, 1.165) is 161 Å². The maximum Gasteiger partial charge on any atom is 0.267 e. The SMILES string of the molecule is C=C1NN=C2C3=C1CCCC3NC(c1ccc(CN(C)C)cc1)C2c1ccc(C(=O)N2CCN(C(=O)C(C)C)CC2)cc1.C=C1NN=C2C3=C1CCCC3NC(c1ccccc1)C2c1ccc(C(=O)N2CCN(C(=O)C3CC3)CC2)cc1.O=c1[nH]nc2c3c1CCCC3NC(c1cccc(CN3CCOCC3)c1)C2c1ccccc1. The highest BCUT2D eigenvalue weighted by molar-refractivity contribution is 6.10. The molecule has 8 aliphatic heterocycles. The second kappa shape index (κ2) is 33.9. The third kappa shape index (κ3) is 16.2. The number of allylic oxidation sites excluding steroid dienone is 2. The summed E-state index contributed by atoms with van der Waals surface area (Å²) >= 11 is 0. The van der Waals surface area contributed by atoms with E-state index in [4.69, 9.17) is 14.9 Å². The number of hydrogen-bond acceptors (Lipinski definition) is 16. The predicted octanol–water partition coefficient (Wildman–Crippen LogP) is 12.0. The van der Waals surface area contributed by atoms with Crippen molar-refractivity contribution in [2.45, 2.75) is 152 Å². The third-order valence-corrected chi connectivity index (χ3v) is 25.7. The average Bonchev–Trinajstić information content (AvgIpc) is 1.74. The van der Waals surface area contributed by atoms with Gasteiger partial charge in [0.2, 0.25) is 11.8 Å². The van der Waals surface area contributed by atoms with Gasteiger partial charge in [0.25, 0.3) is 17.4 Å². The molecule has 0 bridgehead atoms. The number of aromatic nitrogens is 2. The number of carbonyl (C=O) groups is 4. The summed E-state index contributed by atoms with van der Waals surface area (Å²) in [6, 6.07) is 56.2. The first kappa shape index (κ1) is 77.3. The van der Waals surface area contributed by atoms with E-state index in [1.807, 2.05) is 57.7 Å². The van der Waals surface area contributed by atoms with Gasteiger partial charge in [0.1, 0.15) is 0 Å². The van der Waals surface area contributed by atoms with Crippen LogP contribution in [-0.4, -0.2) is 179 Å². The van der Waals surface area contributed by atoms with Crippen molar-refractivity contribution in [1.82, 2.24) is 66.4 Å². The zero-order chi connectivity index (χ0) is 79.0. The molecule has 9 unspecified atom stereocenters. The lowest BCUT2D eigenvalue weighted by Crippen LogP contribution is -2.51. The number of piperidine rings is 2. The summed E-state index contributed by atoms with van der Waals surface area (Å²) in [5.41, 5.74) is 29.9. The number of H-pyrrole nitrogens is 1. The van der Waals surface area contributed by atoms with E-state index < -0.39 is 0 Å². The Morgan fingerprint density at radius 3 is 1.51 bits per heavy atom. The normalized spacial score (nSPS) is 25.0. The fraction of sp³-hybridized carbons (Fsp3) is 0.426. The molecule has 6 fully saturated rings. The van der Waals surface area contributed by atoms with Crippen LogP contribution >= 0.6 is 0 Å². The number of piperazine rings is 2. The van der Waals surface area contributed by atoms with E-state index in [2.05, 4.69) is 208 Å². The van der Waals surface area contributed by atoms with E-state index in [0.29, 0.717) is 63.5 Å². The summed E-state index contributed by atoms with van der Waals surface area (Å²) < 4.78 is 5.52. The first-order chi connectivity index (χ1) is 56.1. The van der Waals surface area contributed by atoms with Crippen molar-refractivity contribution in [3.63, 3.8) is 0 Å². The van der Waals surface area contributed by atoms with E-state index in [1.54, 1.807) is 0 Å². The fourth-order valence-electron chi connectivity index (χ4n) is 19.7. The third-order valence-electron chi connectivity index (χ3n) is 25.7. The number of aromatic amines is 1. The van der Waals surface area contributed by atoms with Gasteiger partial charge < -0.3 is 45.2 Å². The van der Waals surface area contributed by atoms with Crippen molar-refractivity contribution >= 4 is 35.1 Å². The Labute approximate surface area is 675 Å². The topological polar surface area (TPSA) is 228 Å². The molecule has 4 aliphatic carbocycles. The zero-order valence-corrected chi connectivity index (χ0v) is 66.9. The van der Waals surface area contributed by atoms with Gasteiger partial charge in [-0.15, -0.1) is 0 Å². The molecule has 6 N–H and O–H groups in total. The summed E-state index contributed by atoms with van der Waals surface area (Å²) in [5, 5.41) is 29.2. The highest BCUT2D eigenvalue weighted by Gasteiger charge is 2.48. The van der Waals surface area contributed by atoms with Crippen LogP contribution < -0.4 is 32.4 Å². The minimum Gasteiger partial charge on any atom is -0.379 e. The van der Waals surface area contributed by atoms with E-state index in [9.17, 15) is 24.0 Å². The van der Waals surface area contributed by atoms with Crippen LogP contribution in [0.15, 0.2) is 220 Å². The van der Waals surface area contributed by atoms with Crippen LogP contribution in [0.4, 0.5) is 0 Å². The molecule has 19 rings (SSSR count). The van der Waals surface area contributed by atoms with Crippen LogP contribution in [0.3, 0.4) is 0 Å². The molecule has 0 radical (unpaired) electrons. The molecule has 21 heteroatoms. The Kier molecular flexibility index (Phi) is 22.8. The van der Waals surface area contributed by atoms with Crippen LogP contribution in [-0.2, 0) is 33.8 Å². The quantitative estimate of drug-likeness (QED) is 0.0596. The molecule has 21 nitrogen and oxygen atoms in total. The molecule has 12 aliphatic rings. The molecule has 1 saturated carbocycles. The smallest absolute Gasteiger partial charge is 0.267 e. The van der Waals surface area contributed by atoms with E-state index >= 15 is 0 Å². The zero-order valence-electron chi connectivity index (χ0n) is 66.9. The summed E-state index contributed by atoms with van der Waals surface area (Å²) in [6.45, 7) is 22.5. The van der Waals surface area contributed by atoms with Crippen LogP contribution in [0.25, 0.3) is 0 Å². The number of nitrogens with zero attached hydrogens (tertiary/aromatic N) is 9. The molecule has 6 aromatic carbocycles. The van der Waals surface area contributed by atoms with Gasteiger partial charge in [0, 0.05) is 167 Å². The number of morpholine rings is 1. The minimum absolute atomic E-state index is 0.00785. The lowest BCUT2D eigenvalue weighted by Gasteiger charge is -2.45. The number of ether oxygens (including phenoxy) is 1. The van der Waals surface area contributed by atoms with Crippen molar-refractivity contribution in [2.24, 2.45) is 22.0 Å². The standard InChI is InChI=1S/C35H44N6O2.C32H35N5O2.C27H30N4O2/c1-22(2)34(42)40-17-19-41(20-18-40)35(43)27-15-13-25(14-16-27)30-32(26-11-9-24(10-12-26)21-39(4)5)36-29-8-6-7-28-23(3)37-38-33(30)31(28)29;1-20-25-8-5-9-26-28(25)30(35-34-20)27(29(33-26)22-6-3-2-4-7-22)21-10-12-23(13-11-21)31(38)36-16-18-37(19-17-36)32(39)24-14-15-24;32-27-21-10-5-11-22-24(21)26(29-30-27)23(19-7-2-1-3-8-19)25(28-22)20-9-4-6-18(16-20)17-31-12-14-33-15-13-31/h9-16,22,29-30,32,36-37H,3,6-8,17-21H2,1-2,4-5H3;2-4,6-7,10-13,24,26-27,29,33-34H,1,5,8-9,14-19H2;1-4,6-9,16,22-23,25,28H,5,10-15,17H2,(H,30,32).